The minimum absolute atomic E-state index is 0.0284. The molecule has 3 rings (SSSR count). The van der Waals surface area contributed by atoms with Crippen molar-refractivity contribution in [3.63, 3.8) is 0 Å². The second-order valence-corrected chi connectivity index (χ2v) is 6.53. The lowest BCUT2D eigenvalue weighted by Gasteiger charge is -2.28. The van der Waals surface area contributed by atoms with Gasteiger partial charge in [-0.25, -0.2) is 0 Å². The molecule has 0 radical (unpaired) electrons. The third-order valence-electron chi connectivity index (χ3n) is 4.95. The fourth-order valence-corrected chi connectivity index (χ4v) is 3.78. The number of carbonyl (C=O) groups excluding carboxylic acids is 2. The smallest absolute Gasteiger partial charge is 0.254 e. The Labute approximate surface area is 131 Å². The van der Waals surface area contributed by atoms with Crippen molar-refractivity contribution in [1.82, 2.24) is 4.90 Å². The first-order valence-electron chi connectivity index (χ1n) is 8.36. The van der Waals surface area contributed by atoms with Crippen molar-refractivity contribution >= 4 is 11.8 Å². The van der Waals surface area contributed by atoms with Gasteiger partial charge in [-0.05, 0) is 61.8 Å². The Morgan fingerprint density at radius 2 is 1.73 bits per heavy atom. The molecule has 1 aromatic rings. The summed E-state index contributed by atoms with van der Waals surface area (Å²) in [4.78, 5) is 25.9. The quantitative estimate of drug-likeness (QED) is 0.928. The number of hydrogen-bond donors (Lipinski definition) is 1. The number of carbonyl (C=O) groups is 2. The van der Waals surface area contributed by atoms with Crippen LogP contribution in [0.15, 0.2) is 18.2 Å². The van der Waals surface area contributed by atoms with Crippen molar-refractivity contribution in [3.05, 3.63) is 34.9 Å². The van der Waals surface area contributed by atoms with E-state index in [1.54, 1.807) is 4.90 Å². The Morgan fingerprint density at radius 1 is 1.05 bits per heavy atom. The second kappa shape index (κ2) is 6.51. The Kier molecular flexibility index (Phi) is 4.46. The molecule has 0 unspecified atom stereocenters. The molecule has 1 fully saturated rings. The summed E-state index contributed by atoms with van der Waals surface area (Å²) < 4.78 is 0. The summed E-state index contributed by atoms with van der Waals surface area (Å²) in [5, 5.41) is 0. The van der Waals surface area contributed by atoms with Gasteiger partial charge in [-0.2, -0.15) is 0 Å². The van der Waals surface area contributed by atoms with Gasteiger partial charge in [0.25, 0.3) is 5.91 Å². The summed E-state index contributed by atoms with van der Waals surface area (Å²) in [5.41, 5.74) is 8.72. The average Bonchev–Trinajstić information content (AvgIpc) is 3.05. The summed E-state index contributed by atoms with van der Waals surface area (Å²) in [5.74, 6) is -0.475. The number of fused-ring (bicyclic) bond motifs is 1. The minimum Gasteiger partial charge on any atom is -0.368 e. The average molecular weight is 300 g/mol. The molecular weight excluding hydrogens is 276 g/mol. The molecule has 0 aliphatic heterocycles. The zero-order valence-electron chi connectivity index (χ0n) is 13.0. The maximum absolute atomic E-state index is 12.9. The number of rotatable bonds is 4. The normalized spacial score (nSPS) is 18.0. The molecule has 0 spiro atoms. The molecule has 118 valence electrons. The van der Waals surface area contributed by atoms with Gasteiger partial charge in [0.15, 0.2) is 0 Å². The second-order valence-electron chi connectivity index (χ2n) is 6.53. The van der Waals surface area contributed by atoms with Crippen LogP contribution in [0.4, 0.5) is 0 Å². The minimum atomic E-state index is -0.432. The first-order valence-corrected chi connectivity index (χ1v) is 8.36. The monoisotopic (exact) mass is 300 g/mol. The summed E-state index contributed by atoms with van der Waals surface area (Å²) >= 11 is 0. The molecule has 4 nitrogen and oxygen atoms in total. The fourth-order valence-electron chi connectivity index (χ4n) is 3.78. The number of benzene rings is 1. The number of nitrogens with zero attached hydrogens (tertiary/aromatic N) is 1. The lowest BCUT2D eigenvalue weighted by molar-refractivity contribution is -0.119. The van der Waals surface area contributed by atoms with Crippen LogP contribution in [0.3, 0.4) is 0 Å². The predicted molar refractivity (Wildman–Crippen MR) is 85.6 cm³/mol. The van der Waals surface area contributed by atoms with Crippen LogP contribution in [0.1, 0.15) is 60.0 Å². The molecule has 4 heteroatoms. The van der Waals surface area contributed by atoms with Gasteiger partial charge in [0, 0.05) is 11.6 Å². The van der Waals surface area contributed by atoms with Crippen LogP contribution in [-0.2, 0) is 17.6 Å². The van der Waals surface area contributed by atoms with Crippen molar-refractivity contribution in [2.75, 3.05) is 6.54 Å². The third-order valence-corrected chi connectivity index (χ3v) is 4.95. The fraction of sp³-hybridized carbons (Fsp3) is 0.556. The van der Waals surface area contributed by atoms with Crippen LogP contribution in [0.25, 0.3) is 0 Å². The van der Waals surface area contributed by atoms with E-state index in [0.717, 1.165) is 38.5 Å². The first-order chi connectivity index (χ1) is 10.6. The highest BCUT2D eigenvalue weighted by Crippen LogP contribution is 2.27. The Balaban J connectivity index is 1.84. The van der Waals surface area contributed by atoms with Crippen LogP contribution >= 0.6 is 0 Å². The molecule has 1 saturated carbocycles. The molecular formula is C18H24N2O2. The van der Waals surface area contributed by atoms with Gasteiger partial charge in [0.05, 0.1) is 6.54 Å². The summed E-state index contributed by atoms with van der Waals surface area (Å²) in [6.07, 6.45) is 8.78. The van der Waals surface area contributed by atoms with E-state index in [0.29, 0.717) is 5.56 Å². The summed E-state index contributed by atoms with van der Waals surface area (Å²) in [7, 11) is 0. The van der Waals surface area contributed by atoms with Crippen molar-refractivity contribution in [3.8, 4) is 0 Å². The lowest BCUT2D eigenvalue weighted by Crippen LogP contribution is -2.44. The molecule has 2 aliphatic rings. The van der Waals surface area contributed by atoms with Gasteiger partial charge in [-0.3, -0.25) is 9.59 Å². The zero-order valence-corrected chi connectivity index (χ0v) is 13.0. The molecule has 0 atom stereocenters. The van der Waals surface area contributed by atoms with Crippen LogP contribution < -0.4 is 5.73 Å². The van der Waals surface area contributed by atoms with Crippen molar-refractivity contribution < 1.29 is 9.59 Å². The van der Waals surface area contributed by atoms with Gasteiger partial charge < -0.3 is 10.6 Å². The van der Waals surface area contributed by atoms with E-state index in [9.17, 15) is 9.59 Å². The van der Waals surface area contributed by atoms with E-state index < -0.39 is 5.91 Å². The molecule has 0 aromatic heterocycles. The molecule has 2 N–H and O–H groups in total. The van der Waals surface area contributed by atoms with E-state index >= 15 is 0 Å². The highest BCUT2D eigenvalue weighted by atomic mass is 16.2. The van der Waals surface area contributed by atoms with E-state index in [2.05, 4.69) is 6.07 Å². The third kappa shape index (κ3) is 3.16. The van der Waals surface area contributed by atoms with Gasteiger partial charge in [-0.15, -0.1) is 0 Å². The summed E-state index contributed by atoms with van der Waals surface area (Å²) in [6, 6.07) is 6.18. The SMILES string of the molecule is NC(=O)CN(C(=O)c1ccc2c(c1)CCCC2)C1CCCC1. The standard InChI is InChI=1S/C18H24N2O2/c19-17(21)12-20(16-7-3-4-8-16)18(22)15-10-9-13-5-1-2-6-14(13)11-15/h9-11,16H,1-8,12H2,(H2,19,21). The molecule has 0 bridgehead atoms. The topological polar surface area (TPSA) is 63.4 Å². The summed E-state index contributed by atoms with van der Waals surface area (Å²) in [6.45, 7) is 0.0284. The van der Waals surface area contributed by atoms with Crippen molar-refractivity contribution in [2.24, 2.45) is 5.73 Å². The maximum atomic E-state index is 12.9. The zero-order chi connectivity index (χ0) is 15.5. The molecule has 0 heterocycles. The highest BCUT2D eigenvalue weighted by molar-refractivity contribution is 5.96. The number of amides is 2. The van der Waals surface area contributed by atoms with Gasteiger partial charge in [0.1, 0.15) is 0 Å². The van der Waals surface area contributed by atoms with Gasteiger partial charge >= 0.3 is 0 Å². The van der Waals surface area contributed by atoms with Crippen molar-refractivity contribution in [1.29, 1.82) is 0 Å². The molecule has 2 aliphatic carbocycles. The van der Waals surface area contributed by atoms with E-state index in [4.69, 9.17) is 5.73 Å². The van der Waals surface area contributed by atoms with Crippen LogP contribution in [-0.4, -0.2) is 29.3 Å². The predicted octanol–water partition coefficient (Wildman–Crippen LogP) is 2.44. The Hall–Kier alpha value is -1.84. The largest absolute Gasteiger partial charge is 0.368 e. The van der Waals surface area contributed by atoms with E-state index in [1.807, 2.05) is 12.1 Å². The Bertz CT molecular complexity index is 576. The number of aryl methyl sites for hydroxylation is 2. The maximum Gasteiger partial charge on any atom is 0.254 e. The Morgan fingerprint density at radius 3 is 2.41 bits per heavy atom. The lowest BCUT2D eigenvalue weighted by atomic mass is 9.90. The molecule has 2 amide bonds. The number of nitrogens with two attached hydrogens (primary N) is 1. The van der Waals surface area contributed by atoms with Gasteiger partial charge in [-0.1, -0.05) is 18.9 Å². The van der Waals surface area contributed by atoms with Crippen LogP contribution in [0, 0.1) is 0 Å². The molecule has 0 saturated heterocycles. The van der Waals surface area contributed by atoms with E-state index in [1.165, 1.54) is 24.0 Å². The highest BCUT2D eigenvalue weighted by Gasteiger charge is 2.29. The molecule has 1 aromatic carbocycles. The molecule has 22 heavy (non-hydrogen) atoms. The first kappa shape index (κ1) is 15.1. The number of hydrogen-bond acceptors (Lipinski definition) is 2. The van der Waals surface area contributed by atoms with E-state index in [-0.39, 0.29) is 18.5 Å². The van der Waals surface area contributed by atoms with Crippen molar-refractivity contribution in [2.45, 2.75) is 57.4 Å². The van der Waals surface area contributed by atoms with Crippen LogP contribution in [0.5, 0.6) is 0 Å². The number of primary amides is 1. The van der Waals surface area contributed by atoms with Gasteiger partial charge in [0.2, 0.25) is 5.91 Å². The van der Waals surface area contributed by atoms with Crippen LogP contribution in [0.2, 0.25) is 0 Å².